The molecule has 0 aliphatic heterocycles. The van der Waals surface area contributed by atoms with E-state index in [1.165, 1.54) is 11.3 Å². The maximum Gasteiger partial charge on any atom is 0.329 e. The van der Waals surface area contributed by atoms with E-state index in [1.807, 2.05) is 12.1 Å². The van der Waals surface area contributed by atoms with Gasteiger partial charge in [-0.1, -0.05) is 11.6 Å². The second kappa shape index (κ2) is 4.78. The molecule has 0 aliphatic rings. The number of nitrogens with zero attached hydrogens (tertiary/aromatic N) is 1. The maximum absolute atomic E-state index is 10.2. The first kappa shape index (κ1) is 11.3. The first-order chi connectivity index (χ1) is 7.65. The number of carboxylic acid groups (broad SMARTS) is 1. The van der Waals surface area contributed by atoms with Crippen LogP contribution in [0.4, 0.5) is 0 Å². The van der Waals surface area contributed by atoms with Crippen molar-refractivity contribution in [3.63, 3.8) is 0 Å². The average Bonchev–Trinajstić information content (AvgIpc) is 2.58. The quantitative estimate of drug-likeness (QED) is 0.914. The summed E-state index contributed by atoms with van der Waals surface area (Å²) in [5.74, 6) is -0.982. The molecule has 16 heavy (non-hydrogen) atoms. The van der Waals surface area contributed by atoms with Gasteiger partial charge in [0.2, 0.25) is 0 Å². The van der Waals surface area contributed by atoms with Crippen LogP contribution in [0.15, 0.2) is 18.2 Å². The molecule has 1 aromatic carbocycles. The normalized spacial score (nSPS) is 10.8. The van der Waals surface area contributed by atoms with Crippen molar-refractivity contribution in [2.24, 2.45) is 0 Å². The Kier molecular flexibility index (Phi) is 3.38. The van der Waals surface area contributed by atoms with Crippen molar-refractivity contribution >= 4 is 39.1 Å². The molecule has 0 spiro atoms. The predicted molar refractivity (Wildman–Crippen MR) is 61.9 cm³/mol. The largest absolute Gasteiger partial charge is 0.480 e. The number of benzene rings is 1. The topological polar surface area (TPSA) is 59.4 Å². The van der Waals surface area contributed by atoms with Gasteiger partial charge < -0.3 is 9.84 Å². The molecule has 1 aromatic heterocycles. The van der Waals surface area contributed by atoms with Crippen molar-refractivity contribution in [2.45, 2.75) is 6.61 Å². The van der Waals surface area contributed by atoms with Crippen LogP contribution in [-0.2, 0) is 16.1 Å². The number of thiazole rings is 1. The van der Waals surface area contributed by atoms with Crippen LogP contribution in [0.1, 0.15) is 5.01 Å². The lowest BCUT2D eigenvalue weighted by molar-refractivity contribution is -0.142. The third-order valence-corrected chi connectivity index (χ3v) is 3.07. The minimum Gasteiger partial charge on any atom is -0.480 e. The minimum absolute atomic E-state index is 0.212. The number of aromatic nitrogens is 1. The first-order valence-electron chi connectivity index (χ1n) is 4.49. The number of rotatable bonds is 4. The molecule has 2 aromatic rings. The number of hydrogen-bond donors (Lipinski definition) is 1. The van der Waals surface area contributed by atoms with Gasteiger partial charge in [0.15, 0.2) is 0 Å². The lowest BCUT2D eigenvalue weighted by Crippen LogP contribution is -2.06. The highest BCUT2D eigenvalue weighted by molar-refractivity contribution is 7.18. The molecule has 0 atom stereocenters. The smallest absolute Gasteiger partial charge is 0.329 e. The van der Waals surface area contributed by atoms with Gasteiger partial charge in [0, 0.05) is 5.02 Å². The Labute approximate surface area is 100 Å². The third kappa shape index (κ3) is 2.69. The maximum atomic E-state index is 10.2. The lowest BCUT2D eigenvalue weighted by atomic mass is 10.3. The van der Waals surface area contributed by atoms with Gasteiger partial charge in [0.1, 0.15) is 11.6 Å². The molecule has 2 rings (SSSR count). The summed E-state index contributed by atoms with van der Waals surface area (Å²) in [6.45, 7) is -0.0973. The Morgan fingerprint density at radius 3 is 3.12 bits per heavy atom. The Hall–Kier alpha value is -1.17. The van der Waals surface area contributed by atoms with E-state index in [9.17, 15) is 4.79 Å². The summed E-state index contributed by atoms with van der Waals surface area (Å²) in [4.78, 5) is 14.5. The molecule has 1 heterocycles. The number of halogens is 1. The van der Waals surface area contributed by atoms with Crippen molar-refractivity contribution < 1.29 is 14.6 Å². The number of ether oxygens (including phenoxy) is 1. The number of carbonyl (C=O) groups is 1. The molecule has 0 unspecified atom stereocenters. The van der Waals surface area contributed by atoms with Crippen LogP contribution in [0, 0.1) is 0 Å². The number of fused-ring (bicyclic) bond motifs is 1. The standard InChI is InChI=1S/C10H8ClNO3S/c11-6-1-2-7-8(3-6)16-9(12-7)4-15-5-10(13)14/h1-3H,4-5H2,(H,13,14). The summed E-state index contributed by atoms with van der Waals surface area (Å²) < 4.78 is 5.93. The summed E-state index contributed by atoms with van der Waals surface area (Å²) in [6.07, 6.45) is 0. The second-order valence-corrected chi connectivity index (χ2v) is 4.66. The van der Waals surface area contributed by atoms with Crippen LogP contribution < -0.4 is 0 Å². The Morgan fingerprint density at radius 2 is 2.38 bits per heavy atom. The van der Waals surface area contributed by atoms with Crippen molar-refractivity contribution in [1.82, 2.24) is 4.98 Å². The molecule has 0 fully saturated rings. The highest BCUT2D eigenvalue weighted by Gasteiger charge is 2.05. The van der Waals surface area contributed by atoms with E-state index in [0.717, 1.165) is 15.2 Å². The summed E-state index contributed by atoms with van der Waals surface area (Å²) in [5.41, 5.74) is 0.850. The molecular weight excluding hydrogens is 250 g/mol. The molecule has 6 heteroatoms. The fourth-order valence-corrected chi connectivity index (χ4v) is 2.41. The molecule has 0 aliphatic carbocycles. The highest BCUT2D eigenvalue weighted by atomic mass is 35.5. The zero-order chi connectivity index (χ0) is 11.5. The highest BCUT2D eigenvalue weighted by Crippen LogP contribution is 2.25. The van der Waals surface area contributed by atoms with Crippen LogP contribution in [0.2, 0.25) is 5.02 Å². The molecular formula is C10H8ClNO3S. The summed E-state index contributed by atoms with van der Waals surface area (Å²) in [7, 11) is 0. The molecule has 0 saturated heterocycles. The molecule has 0 bridgehead atoms. The average molecular weight is 258 g/mol. The molecule has 0 saturated carbocycles. The molecule has 0 amide bonds. The van der Waals surface area contributed by atoms with Gasteiger partial charge in [-0.3, -0.25) is 0 Å². The Bertz CT molecular complexity index is 526. The number of hydrogen-bond acceptors (Lipinski definition) is 4. The molecule has 84 valence electrons. The summed E-state index contributed by atoms with van der Waals surface area (Å²) in [5, 5.41) is 9.82. The van der Waals surface area contributed by atoms with Gasteiger partial charge in [-0.15, -0.1) is 11.3 Å². The van der Waals surface area contributed by atoms with Gasteiger partial charge in [-0.05, 0) is 18.2 Å². The third-order valence-electron chi connectivity index (χ3n) is 1.85. The summed E-state index contributed by atoms with van der Waals surface area (Å²) >= 11 is 7.29. The van der Waals surface area contributed by atoms with Gasteiger partial charge in [-0.2, -0.15) is 0 Å². The monoisotopic (exact) mass is 257 g/mol. The molecule has 1 N–H and O–H groups in total. The predicted octanol–water partition coefficient (Wildman–Crippen LogP) is 2.55. The van der Waals surface area contributed by atoms with E-state index in [1.54, 1.807) is 6.07 Å². The zero-order valence-corrected chi connectivity index (χ0v) is 9.72. The van der Waals surface area contributed by atoms with Crippen molar-refractivity contribution in [3.05, 3.63) is 28.2 Å². The first-order valence-corrected chi connectivity index (χ1v) is 5.69. The second-order valence-electron chi connectivity index (χ2n) is 3.11. The zero-order valence-electron chi connectivity index (χ0n) is 8.14. The van der Waals surface area contributed by atoms with Crippen molar-refractivity contribution in [3.8, 4) is 0 Å². The van der Waals surface area contributed by atoms with E-state index in [4.69, 9.17) is 21.4 Å². The van der Waals surface area contributed by atoms with Gasteiger partial charge in [0.05, 0.1) is 16.8 Å². The lowest BCUT2D eigenvalue weighted by Gasteiger charge is -1.95. The van der Waals surface area contributed by atoms with E-state index in [0.29, 0.717) is 5.02 Å². The Morgan fingerprint density at radius 1 is 1.56 bits per heavy atom. The van der Waals surface area contributed by atoms with Crippen LogP contribution in [0.25, 0.3) is 10.2 Å². The van der Waals surface area contributed by atoms with Crippen LogP contribution in [-0.4, -0.2) is 22.7 Å². The van der Waals surface area contributed by atoms with Gasteiger partial charge in [0.25, 0.3) is 0 Å². The van der Waals surface area contributed by atoms with Gasteiger partial charge in [-0.25, -0.2) is 9.78 Å². The molecule has 4 nitrogen and oxygen atoms in total. The fraction of sp³-hybridized carbons (Fsp3) is 0.200. The number of aliphatic carboxylic acids is 1. The number of carboxylic acids is 1. The van der Waals surface area contributed by atoms with E-state index >= 15 is 0 Å². The van der Waals surface area contributed by atoms with Gasteiger partial charge >= 0.3 is 5.97 Å². The summed E-state index contributed by atoms with van der Waals surface area (Å²) in [6, 6.07) is 5.43. The SMILES string of the molecule is O=C(O)COCc1nc2ccc(Cl)cc2s1. The van der Waals surface area contributed by atoms with E-state index in [2.05, 4.69) is 4.98 Å². The van der Waals surface area contributed by atoms with Crippen molar-refractivity contribution in [2.75, 3.05) is 6.61 Å². The fourth-order valence-electron chi connectivity index (χ4n) is 1.23. The molecule has 0 radical (unpaired) electrons. The van der Waals surface area contributed by atoms with Crippen molar-refractivity contribution in [1.29, 1.82) is 0 Å². The van der Waals surface area contributed by atoms with E-state index < -0.39 is 5.97 Å². The minimum atomic E-state index is -0.982. The van der Waals surface area contributed by atoms with Crippen LogP contribution in [0.3, 0.4) is 0 Å². The van der Waals surface area contributed by atoms with Crippen LogP contribution >= 0.6 is 22.9 Å². The van der Waals surface area contributed by atoms with Crippen LogP contribution in [0.5, 0.6) is 0 Å². The van der Waals surface area contributed by atoms with E-state index in [-0.39, 0.29) is 13.2 Å². The Balaban J connectivity index is 2.10.